The SMILES string of the molecule is CCc1ccc(C(C)NC(=O)c2cc(S(=O)(=O)N3CCCC3)ccc2OC)cc1. The van der Waals surface area contributed by atoms with Crippen LogP contribution in [0.3, 0.4) is 0 Å². The summed E-state index contributed by atoms with van der Waals surface area (Å²) in [5, 5.41) is 2.95. The maximum atomic E-state index is 12.9. The lowest BCUT2D eigenvalue weighted by atomic mass is 10.0. The minimum Gasteiger partial charge on any atom is -0.496 e. The summed E-state index contributed by atoms with van der Waals surface area (Å²) >= 11 is 0. The number of methoxy groups -OCH3 is 1. The molecule has 0 radical (unpaired) electrons. The number of nitrogens with one attached hydrogen (secondary N) is 1. The molecule has 1 heterocycles. The maximum absolute atomic E-state index is 12.9. The molecule has 7 heteroatoms. The molecule has 1 saturated heterocycles. The zero-order chi connectivity index (χ0) is 21.0. The molecule has 0 aliphatic carbocycles. The number of hydrogen-bond acceptors (Lipinski definition) is 4. The lowest BCUT2D eigenvalue weighted by Gasteiger charge is -2.19. The highest BCUT2D eigenvalue weighted by Crippen LogP contribution is 2.27. The van der Waals surface area contributed by atoms with Gasteiger partial charge in [0.1, 0.15) is 5.75 Å². The fraction of sp³-hybridized carbons (Fsp3) is 0.409. The quantitative estimate of drug-likeness (QED) is 0.749. The van der Waals surface area contributed by atoms with Crippen molar-refractivity contribution >= 4 is 15.9 Å². The third-order valence-electron chi connectivity index (χ3n) is 5.35. The van der Waals surface area contributed by atoms with Gasteiger partial charge in [-0.15, -0.1) is 0 Å². The van der Waals surface area contributed by atoms with E-state index in [1.807, 2.05) is 31.2 Å². The Labute approximate surface area is 172 Å². The van der Waals surface area contributed by atoms with Crippen LogP contribution in [0.4, 0.5) is 0 Å². The van der Waals surface area contributed by atoms with Gasteiger partial charge in [-0.1, -0.05) is 31.2 Å². The monoisotopic (exact) mass is 416 g/mol. The van der Waals surface area contributed by atoms with Crippen LogP contribution in [0.15, 0.2) is 47.4 Å². The molecule has 29 heavy (non-hydrogen) atoms. The van der Waals surface area contributed by atoms with E-state index in [0.29, 0.717) is 18.8 Å². The smallest absolute Gasteiger partial charge is 0.255 e. The molecule has 156 valence electrons. The lowest BCUT2D eigenvalue weighted by molar-refractivity contribution is 0.0936. The van der Waals surface area contributed by atoms with Crippen LogP contribution in [0.1, 0.15) is 54.2 Å². The van der Waals surface area contributed by atoms with Gasteiger partial charge in [-0.05, 0) is 55.5 Å². The second-order valence-corrected chi connectivity index (χ2v) is 9.20. The second-order valence-electron chi connectivity index (χ2n) is 7.26. The number of sulfonamides is 1. The summed E-state index contributed by atoms with van der Waals surface area (Å²) < 4.78 is 32.5. The van der Waals surface area contributed by atoms with Gasteiger partial charge in [0.05, 0.1) is 23.6 Å². The van der Waals surface area contributed by atoms with Gasteiger partial charge < -0.3 is 10.1 Å². The highest BCUT2D eigenvalue weighted by Gasteiger charge is 2.28. The molecule has 2 aromatic rings. The Kier molecular flexibility index (Phi) is 6.59. The van der Waals surface area contributed by atoms with E-state index >= 15 is 0 Å². The van der Waals surface area contributed by atoms with Gasteiger partial charge in [0.15, 0.2) is 0 Å². The fourth-order valence-electron chi connectivity index (χ4n) is 3.50. The fourth-order valence-corrected chi connectivity index (χ4v) is 5.05. The summed E-state index contributed by atoms with van der Waals surface area (Å²) in [5.41, 5.74) is 2.42. The molecule has 3 rings (SSSR count). The molecule has 0 spiro atoms. The second kappa shape index (κ2) is 8.97. The number of ether oxygens (including phenoxy) is 1. The molecular weight excluding hydrogens is 388 g/mol. The predicted molar refractivity (Wildman–Crippen MR) is 113 cm³/mol. The van der Waals surface area contributed by atoms with E-state index in [1.54, 1.807) is 6.07 Å². The average Bonchev–Trinajstić information content (AvgIpc) is 3.29. The molecule has 0 bridgehead atoms. The van der Waals surface area contributed by atoms with Crippen molar-refractivity contribution in [2.45, 2.75) is 44.0 Å². The molecule has 1 unspecified atom stereocenters. The van der Waals surface area contributed by atoms with Crippen LogP contribution >= 0.6 is 0 Å². The van der Waals surface area contributed by atoms with E-state index in [1.165, 1.54) is 29.1 Å². The first-order chi connectivity index (χ1) is 13.9. The Hall–Kier alpha value is -2.38. The first kappa shape index (κ1) is 21.3. The summed E-state index contributed by atoms with van der Waals surface area (Å²) in [6.07, 6.45) is 2.67. The van der Waals surface area contributed by atoms with Crippen LogP contribution in [-0.2, 0) is 16.4 Å². The summed E-state index contributed by atoms with van der Waals surface area (Å²) in [5.74, 6) is -0.0243. The van der Waals surface area contributed by atoms with Gasteiger partial charge in [0, 0.05) is 13.1 Å². The lowest BCUT2D eigenvalue weighted by Crippen LogP contribution is -2.29. The summed E-state index contributed by atoms with van der Waals surface area (Å²) in [6.45, 7) is 5.02. The third-order valence-corrected chi connectivity index (χ3v) is 7.25. The van der Waals surface area contributed by atoms with Crippen LogP contribution < -0.4 is 10.1 Å². The van der Waals surface area contributed by atoms with Crippen LogP contribution in [0.5, 0.6) is 5.75 Å². The number of rotatable bonds is 7. The van der Waals surface area contributed by atoms with E-state index in [4.69, 9.17) is 4.74 Å². The standard InChI is InChI=1S/C22H28N2O4S/c1-4-17-7-9-18(10-8-17)16(2)23-22(25)20-15-19(11-12-21(20)28-3)29(26,27)24-13-5-6-14-24/h7-12,15-16H,4-6,13-14H2,1-3H3,(H,23,25). The molecular formula is C22H28N2O4S. The summed E-state index contributed by atoms with van der Waals surface area (Å²) in [6, 6.07) is 12.3. The van der Waals surface area contributed by atoms with Crippen molar-refractivity contribution in [1.29, 1.82) is 0 Å². The number of carbonyl (C=O) groups is 1. The van der Waals surface area contributed by atoms with Gasteiger partial charge in [0.2, 0.25) is 10.0 Å². The first-order valence-corrected chi connectivity index (χ1v) is 11.4. The van der Waals surface area contributed by atoms with Crippen molar-refractivity contribution in [2.75, 3.05) is 20.2 Å². The molecule has 1 aliphatic heterocycles. The third kappa shape index (κ3) is 4.62. The number of carbonyl (C=O) groups excluding carboxylic acids is 1. The van der Waals surface area contributed by atoms with Crippen molar-refractivity contribution in [1.82, 2.24) is 9.62 Å². The molecule has 1 atom stereocenters. The van der Waals surface area contributed by atoms with E-state index in [2.05, 4.69) is 12.2 Å². The van der Waals surface area contributed by atoms with E-state index in [9.17, 15) is 13.2 Å². The van der Waals surface area contributed by atoms with Crippen molar-refractivity contribution in [3.05, 3.63) is 59.2 Å². The number of nitrogens with zero attached hydrogens (tertiary/aromatic N) is 1. The molecule has 2 aromatic carbocycles. The molecule has 1 amide bonds. The minimum absolute atomic E-state index is 0.116. The van der Waals surface area contributed by atoms with Gasteiger partial charge in [-0.3, -0.25) is 4.79 Å². The molecule has 6 nitrogen and oxygen atoms in total. The molecule has 0 aromatic heterocycles. The van der Waals surface area contributed by atoms with Gasteiger partial charge in [-0.2, -0.15) is 4.31 Å². The zero-order valence-electron chi connectivity index (χ0n) is 17.1. The van der Waals surface area contributed by atoms with E-state index in [0.717, 1.165) is 24.8 Å². The average molecular weight is 417 g/mol. The molecule has 1 fully saturated rings. The van der Waals surface area contributed by atoms with E-state index < -0.39 is 10.0 Å². The van der Waals surface area contributed by atoms with Gasteiger partial charge in [0.25, 0.3) is 5.91 Å². The predicted octanol–water partition coefficient (Wildman–Crippen LogP) is 3.53. The Morgan fingerprint density at radius 2 is 1.79 bits per heavy atom. The number of amides is 1. The number of hydrogen-bond donors (Lipinski definition) is 1. The van der Waals surface area contributed by atoms with Crippen LogP contribution in [0.25, 0.3) is 0 Å². The maximum Gasteiger partial charge on any atom is 0.255 e. The van der Waals surface area contributed by atoms with Crippen LogP contribution in [-0.4, -0.2) is 38.8 Å². The van der Waals surface area contributed by atoms with Gasteiger partial charge in [-0.25, -0.2) is 8.42 Å². The molecule has 0 saturated carbocycles. The summed E-state index contributed by atoms with van der Waals surface area (Å²) in [7, 11) is -2.14. The zero-order valence-corrected chi connectivity index (χ0v) is 18.0. The highest BCUT2D eigenvalue weighted by atomic mass is 32.2. The van der Waals surface area contributed by atoms with Crippen LogP contribution in [0, 0.1) is 0 Å². The van der Waals surface area contributed by atoms with Gasteiger partial charge >= 0.3 is 0 Å². The summed E-state index contributed by atoms with van der Waals surface area (Å²) in [4.78, 5) is 13.0. The van der Waals surface area contributed by atoms with Crippen molar-refractivity contribution in [2.24, 2.45) is 0 Å². The molecule has 1 aliphatic rings. The number of benzene rings is 2. The Morgan fingerprint density at radius 3 is 2.38 bits per heavy atom. The number of aryl methyl sites for hydroxylation is 1. The normalized spacial score (nSPS) is 15.8. The van der Waals surface area contributed by atoms with Crippen molar-refractivity contribution < 1.29 is 17.9 Å². The van der Waals surface area contributed by atoms with Crippen molar-refractivity contribution in [3.8, 4) is 5.75 Å². The Bertz CT molecular complexity index is 965. The first-order valence-electron chi connectivity index (χ1n) is 9.94. The molecule has 1 N–H and O–H groups in total. The Morgan fingerprint density at radius 1 is 1.14 bits per heavy atom. The van der Waals surface area contributed by atoms with Crippen molar-refractivity contribution in [3.63, 3.8) is 0 Å². The van der Waals surface area contributed by atoms with E-state index in [-0.39, 0.29) is 22.4 Å². The topological polar surface area (TPSA) is 75.7 Å². The Balaban J connectivity index is 1.84. The largest absolute Gasteiger partial charge is 0.496 e. The minimum atomic E-state index is -3.61. The highest BCUT2D eigenvalue weighted by molar-refractivity contribution is 7.89. The van der Waals surface area contributed by atoms with Crippen LogP contribution in [0.2, 0.25) is 0 Å².